The monoisotopic (exact) mass is 418 g/mol. The lowest BCUT2D eigenvalue weighted by molar-refractivity contribution is 0.285. The molecule has 134 valence electrons. The lowest BCUT2D eigenvalue weighted by Crippen LogP contribution is -1.71. The Kier molecular flexibility index (Phi) is 5.14. The molecule has 4 heterocycles. The van der Waals surface area contributed by atoms with Crippen LogP contribution in [-0.2, 0) is 13.2 Å². The van der Waals surface area contributed by atoms with Crippen molar-refractivity contribution in [2.24, 2.45) is 0 Å². The first-order valence-electron chi connectivity index (χ1n) is 8.20. The Labute approximate surface area is 168 Å². The lowest BCUT2D eigenvalue weighted by atomic mass is 10.2. The summed E-state index contributed by atoms with van der Waals surface area (Å²) in [7, 11) is 0. The van der Waals surface area contributed by atoms with E-state index in [1.807, 2.05) is 0 Å². The normalized spacial score (nSPS) is 11.4. The zero-order chi connectivity index (χ0) is 18.3. The quantitative estimate of drug-likeness (QED) is 0.386. The topological polar surface area (TPSA) is 40.5 Å². The van der Waals surface area contributed by atoms with Crippen molar-refractivity contribution in [2.75, 3.05) is 0 Å². The summed E-state index contributed by atoms with van der Waals surface area (Å²) in [4.78, 5) is 9.58. The van der Waals surface area contributed by atoms with Crippen molar-refractivity contribution in [3.05, 3.63) is 57.3 Å². The molecule has 0 radical (unpaired) electrons. The summed E-state index contributed by atoms with van der Waals surface area (Å²) >= 11 is 6.95. The van der Waals surface area contributed by atoms with Crippen molar-refractivity contribution in [3.8, 4) is 29.3 Å². The molecule has 0 amide bonds. The average Bonchev–Trinajstić information content (AvgIpc) is 3.39. The second-order valence-corrected chi connectivity index (χ2v) is 10.5. The third-order valence-electron chi connectivity index (χ3n) is 4.15. The van der Waals surface area contributed by atoms with Gasteiger partial charge in [-0.15, -0.1) is 45.3 Å². The van der Waals surface area contributed by atoms with Gasteiger partial charge in [-0.2, -0.15) is 0 Å². The minimum absolute atomic E-state index is 0.105. The molecule has 0 aromatic carbocycles. The third-order valence-corrected chi connectivity index (χ3v) is 9.32. The number of rotatable bonds is 5. The van der Waals surface area contributed by atoms with Gasteiger partial charge < -0.3 is 10.2 Å². The fraction of sp³-hybridized carbons (Fsp3) is 0.200. The molecular formula is C20H18O2S4. The van der Waals surface area contributed by atoms with E-state index >= 15 is 0 Å². The molecule has 0 aliphatic rings. The number of hydrogen-bond acceptors (Lipinski definition) is 6. The Morgan fingerprint density at radius 3 is 1.35 bits per heavy atom. The highest BCUT2D eigenvalue weighted by Gasteiger charge is 2.14. The van der Waals surface area contributed by atoms with Crippen LogP contribution < -0.4 is 0 Å². The van der Waals surface area contributed by atoms with Gasteiger partial charge in [-0.1, -0.05) is 0 Å². The number of hydrogen-bond donors (Lipinski definition) is 2. The van der Waals surface area contributed by atoms with Crippen LogP contribution in [-0.4, -0.2) is 10.2 Å². The SMILES string of the molecule is Cc1cc(CO)sc1-c1ccc(-c2ccc(-c3sc(CO)cc3C)s2)s1. The van der Waals surface area contributed by atoms with Crippen molar-refractivity contribution in [3.63, 3.8) is 0 Å². The van der Waals surface area contributed by atoms with Crippen LogP contribution >= 0.6 is 45.3 Å². The molecule has 0 saturated carbocycles. The molecule has 0 bridgehead atoms. The third kappa shape index (κ3) is 3.33. The second kappa shape index (κ2) is 7.38. The molecule has 2 N–H and O–H groups in total. The Bertz CT molecular complexity index is 963. The van der Waals surface area contributed by atoms with Crippen molar-refractivity contribution in [1.82, 2.24) is 0 Å². The molecule has 0 unspecified atom stereocenters. The Balaban J connectivity index is 1.65. The highest BCUT2D eigenvalue weighted by molar-refractivity contribution is 7.28. The van der Waals surface area contributed by atoms with Gasteiger partial charge in [0.1, 0.15) is 0 Å². The average molecular weight is 419 g/mol. The van der Waals surface area contributed by atoms with E-state index in [2.05, 4.69) is 50.2 Å². The zero-order valence-electron chi connectivity index (χ0n) is 14.4. The smallest absolute Gasteiger partial charge is 0.0774 e. The molecule has 0 aliphatic carbocycles. The molecule has 6 heteroatoms. The molecule has 4 aromatic heterocycles. The molecule has 0 fully saturated rings. The van der Waals surface area contributed by atoms with E-state index in [1.54, 1.807) is 45.3 Å². The van der Waals surface area contributed by atoms with Gasteiger partial charge in [0.15, 0.2) is 0 Å². The van der Waals surface area contributed by atoms with E-state index in [4.69, 9.17) is 0 Å². The first kappa shape index (κ1) is 18.1. The van der Waals surface area contributed by atoms with Crippen LogP contribution in [0.5, 0.6) is 0 Å². The van der Waals surface area contributed by atoms with Gasteiger partial charge in [0.25, 0.3) is 0 Å². The largest absolute Gasteiger partial charge is 0.391 e. The van der Waals surface area contributed by atoms with Crippen molar-refractivity contribution < 1.29 is 10.2 Å². The van der Waals surface area contributed by atoms with Crippen LogP contribution in [0.25, 0.3) is 29.3 Å². The number of thiophene rings is 4. The summed E-state index contributed by atoms with van der Waals surface area (Å²) in [6.07, 6.45) is 0. The summed E-state index contributed by atoms with van der Waals surface area (Å²) in [5.74, 6) is 0. The van der Waals surface area contributed by atoms with E-state index in [-0.39, 0.29) is 13.2 Å². The first-order valence-corrected chi connectivity index (χ1v) is 11.5. The molecule has 26 heavy (non-hydrogen) atoms. The highest BCUT2D eigenvalue weighted by Crippen LogP contribution is 2.44. The second-order valence-electron chi connectivity index (χ2n) is 6.09. The Hall–Kier alpha value is -1.28. The van der Waals surface area contributed by atoms with Crippen LogP contribution in [0.15, 0.2) is 36.4 Å². The molecule has 0 spiro atoms. The molecule has 4 rings (SSSR count). The predicted molar refractivity (Wildman–Crippen MR) is 116 cm³/mol. The summed E-state index contributed by atoms with van der Waals surface area (Å²) in [5, 5.41) is 18.7. The standard InChI is InChI=1S/C20H18O2S4/c1-11-7-13(9-21)23-19(11)17-5-3-15(25-17)16-4-6-18(26-16)20-12(2)8-14(10-22)24-20/h3-8,21-22H,9-10H2,1-2H3. The van der Waals surface area contributed by atoms with Gasteiger partial charge in [-0.25, -0.2) is 0 Å². The van der Waals surface area contributed by atoms with E-state index in [9.17, 15) is 10.2 Å². The van der Waals surface area contributed by atoms with Gasteiger partial charge in [0.05, 0.1) is 13.2 Å². The van der Waals surface area contributed by atoms with Gasteiger partial charge in [0, 0.05) is 39.0 Å². The maximum atomic E-state index is 9.36. The summed E-state index contributed by atoms with van der Waals surface area (Å²) < 4.78 is 0. The zero-order valence-corrected chi connectivity index (χ0v) is 17.7. The molecular weight excluding hydrogens is 400 g/mol. The summed E-state index contributed by atoms with van der Waals surface area (Å²) in [6.45, 7) is 4.42. The van der Waals surface area contributed by atoms with Crippen molar-refractivity contribution >= 4 is 45.3 Å². The van der Waals surface area contributed by atoms with E-state index < -0.39 is 0 Å². The summed E-state index contributed by atoms with van der Waals surface area (Å²) in [6, 6.07) is 12.9. The number of aryl methyl sites for hydroxylation is 2. The first-order chi connectivity index (χ1) is 12.6. The predicted octanol–water partition coefficient (Wildman–Crippen LogP) is 6.54. The van der Waals surface area contributed by atoms with Gasteiger partial charge in [-0.05, 0) is 61.4 Å². The van der Waals surface area contributed by atoms with Crippen LogP contribution in [0.3, 0.4) is 0 Å². The lowest BCUT2D eigenvalue weighted by Gasteiger charge is -1.95. The van der Waals surface area contributed by atoms with Gasteiger partial charge in [0.2, 0.25) is 0 Å². The fourth-order valence-electron chi connectivity index (χ4n) is 2.93. The molecule has 0 saturated heterocycles. The molecule has 0 atom stereocenters. The molecule has 2 nitrogen and oxygen atoms in total. The van der Waals surface area contributed by atoms with Crippen LogP contribution in [0.1, 0.15) is 20.9 Å². The van der Waals surface area contributed by atoms with Gasteiger partial charge in [-0.3, -0.25) is 0 Å². The van der Waals surface area contributed by atoms with E-state index in [0.717, 1.165) is 9.75 Å². The van der Waals surface area contributed by atoms with Crippen molar-refractivity contribution in [2.45, 2.75) is 27.1 Å². The molecule has 0 aliphatic heterocycles. The van der Waals surface area contributed by atoms with E-state index in [1.165, 1.54) is 40.4 Å². The number of aliphatic hydroxyl groups is 2. The van der Waals surface area contributed by atoms with Crippen LogP contribution in [0.4, 0.5) is 0 Å². The highest BCUT2D eigenvalue weighted by atomic mass is 32.1. The Morgan fingerprint density at radius 2 is 1.00 bits per heavy atom. The van der Waals surface area contributed by atoms with Crippen LogP contribution in [0, 0.1) is 13.8 Å². The minimum atomic E-state index is 0.105. The minimum Gasteiger partial charge on any atom is -0.391 e. The Morgan fingerprint density at radius 1 is 0.615 bits per heavy atom. The van der Waals surface area contributed by atoms with Crippen molar-refractivity contribution in [1.29, 1.82) is 0 Å². The molecule has 4 aromatic rings. The van der Waals surface area contributed by atoms with E-state index in [0.29, 0.717) is 0 Å². The fourth-order valence-corrected chi connectivity index (χ4v) is 7.44. The van der Waals surface area contributed by atoms with Gasteiger partial charge >= 0.3 is 0 Å². The number of aliphatic hydroxyl groups excluding tert-OH is 2. The summed E-state index contributed by atoms with van der Waals surface area (Å²) in [5.41, 5.74) is 2.45. The maximum Gasteiger partial charge on any atom is 0.0774 e. The maximum absolute atomic E-state index is 9.36. The van der Waals surface area contributed by atoms with Crippen LogP contribution in [0.2, 0.25) is 0 Å².